The molecule has 0 saturated carbocycles. The zero-order chi connectivity index (χ0) is 15.9. The minimum absolute atomic E-state index is 0.00896. The Morgan fingerprint density at radius 2 is 1.59 bits per heavy atom. The number of nitrogens with one attached hydrogen (secondary N) is 2. The second-order valence-electron chi connectivity index (χ2n) is 5.34. The van der Waals surface area contributed by atoms with Crippen molar-refractivity contribution >= 4 is 11.8 Å². The first-order valence-electron chi connectivity index (χ1n) is 7.37. The average molecular weight is 299 g/mol. The van der Waals surface area contributed by atoms with E-state index >= 15 is 0 Å². The van der Waals surface area contributed by atoms with Crippen molar-refractivity contribution < 1.29 is 9.59 Å². The van der Waals surface area contributed by atoms with Crippen LogP contribution in [0.25, 0.3) is 5.69 Å². The van der Waals surface area contributed by atoms with Gasteiger partial charge >= 0.3 is 0 Å². The van der Waals surface area contributed by atoms with Crippen LogP contribution in [0.5, 0.6) is 0 Å². The Morgan fingerprint density at radius 1 is 1.00 bits per heavy atom. The van der Waals surface area contributed by atoms with Crippen LogP contribution in [0, 0.1) is 5.92 Å². The molecule has 0 spiro atoms. The first-order valence-corrected chi connectivity index (χ1v) is 7.37. The van der Waals surface area contributed by atoms with Crippen LogP contribution in [0.1, 0.15) is 24.2 Å². The van der Waals surface area contributed by atoms with E-state index in [0.29, 0.717) is 18.7 Å². The minimum Gasteiger partial charge on any atom is -0.354 e. The summed E-state index contributed by atoms with van der Waals surface area (Å²) in [6.07, 6.45) is 3.90. The van der Waals surface area contributed by atoms with Crippen LogP contribution in [0.15, 0.2) is 48.8 Å². The van der Waals surface area contributed by atoms with Gasteiger partial charge in [-0.3, -0.25) is 9.59 Å². The fourth-order valence-corrected chi connectivity index (χ4v) is 1.96. The number of carbonyl (C=O) groups excluding carboxylic acids is 2. The summed E-state index contributed by atoms with van der Waals surface area (Å²) in [6, 6.07) is 11.3. The maximum atomic E-state index is 12.0. The molecule has 22 heavy (non-hydrogen) atoms. The number of nitrogens with zero attached hydrogens (tertiary/aromatic N) is 1. The maximum Gasteiger partial charge on any atom is 0.251 e. The predicted octanol–water partition coefficient (Wildman–Crippen LogP) is 1.98. The first kappa shape index (κ1) is 15.8. The van der Waals surface area contributed by atoms with Gasteiger partial charge in [-0.1, -0.05) is 13.8 Å². The van der Waals surface area contributed by atoms with Crippen LogP contribution in [0.2, 0.25) is 0 Å². The van der Waals surface area contributed by atoms with Crippen LogP contribution in [-0.4, -0.2) is 29.5 Å². The number of rotatable bonds is 6. The van der Waals surface area contributed by atoms with E-state index in [4.69, 9.17) is 0 Å². The summed E-state index contributed by atoms with van der Waals surface area (Å²) in [7, 11) is 0. The van der Waals surface area contributed by atoms with Crippen molar-refractivity contribution in [1.82, 2.24) is 15.2 Å². The molecule has 0 aliphatic heterocycles. The number of amides is 2. The standard InChI is InChI=1S/C17H21N3O2/c1-13(2)16(21)18-9-10-19-17(22)14-5-7-15(8-6-14)20-11-3-4-12-20/h3-8,11-13H,9-10H2,1-2H3,(H,18,21)(H,19,22). The van der Waals surface area contributed by atoms with E-state index in [2.05, 4.69) is 10.6 Å². The van der Waals surface area contributed by atoms with Crippen molar-refractivity contribution in [3.63, 3.8) is 0 Å². The zero-order valence-corrected chi connectivity index (χ0v) is 12.9. The Morgan fingerprint density at radius 3 is 2.18 bits per heavy atom. The second-order valence-corrected chi connectivity index (χ2v) is 5.34. The Hall–Kier alpha value is -2.56. The van der Waals surface area contributed by atoms with Gasteiger partial charge < -0.3 is 15.2 Å². The van der Waals surface area contributed by atoms with E-state index in [1.165, 1.54) is 0 Å². The van der Waals surface area contributed by atoms with Gasteiger partial charge in [0.15, 0.2) is 0 Å². The van der Waals surface area contributed by atoms with E-state index in [-0.39, 0.29) is 17.7 Å². The van der Waals surface area contributed by atoms with Gasteiger partial charge in [-0.2, -0.15) is 0 Å². The molecule has 0 unspecified atom stereocenters. The van der Waals surface area contributed by atoms with Crippen LogP contribution >= 0.6 is 0 Å². The molecule has 2 rings (SSSR count). The van der Waals surface area contributed by atoms with Gasteiger partial charge in [0.05, 0.1) is 0 Å². The van der Waals surface area contributed by atoms with Crippen LogP contribution < -0.4 is 10.6 Å². The van der Waals surface area contributed by atoms with Gasteiger partial charge in [-0.25, -0.2) is 0 Å². The predicted molar refractivity (Wildman–Crippen MR) is 85.9 cm³/mol. The fourth-order valence-electron chi connectivity index (χ4n) is 1.96. The highest BCUT2D eigenvalue weighted by Crippen LogP contribution is 2.09. The van der Waals surface area contributed by atoms with E-state index in [9.17, 15) is 9.59 Å². The van der Waals surface area contributed by atoms with E-state index in [1.54, 1.807) is 12.1 Å². The number of hydrogen-bond donors (Lipinski definition) is 2. The van der Waals surface area contributed by atoms with Crippen molar-refractivity contribution in [3.8, 4) is 5.69 Å². The lowest BCUT2D eigenvalue weighted by Gasteiger charge is -2.09. The molecule has 5 heteroatoms. The van der Waals surface area contributed by atoms with Gasteiger partial charge in [0, 0.05) is 42.7 Å². The molecular weight excluding hydrogens is 278 g/mol. The molecule has 2 N–H and O–H groups in total. The minimum atomic E-state index is -0.141. The molecule has 0 aliphatic rings. The fraction of sp³-hybridized carbons (Fsp3) is 0.294. The average Bonchev–Trinajstić information content (AvgIpc) is 3.05. The third kappa shape index (κ3) is 4.22. The molecular formula is C17H21N3O2. The highest BCUT2D eigenvalue weighted by Gasteiger charge is 2.07. The molecule has 116 valence electrons. The molecule has 5 nitrogen and oxygen atoms in total. The van der Waals surface area contributed by atoms with Gasteiger partial charge in [-0.15, -0.1) is 0 Å². The van der Waals surface area contributed by atoms with Crippen molar-refractivity contribution in [2.45, 2.75) is 13.8 Å². The molecule has 0 radical (unpaired) electrons. The van der Waals surface area contributed by atoms with Crippen molar-refractivity contribution in [3.05, 3.63) is 54.4 Å². The Balaban J connectivity index is 1.82. The monoisotopic (exact) mass is 299 g/mol. The second kappa shape index (κ2) is 7.45. The molecule has 0 saturated heterocycles. The van der Waals surface area contributed by atoms with Gasteiger partial charge in [-0.05, 0) is 36.4 Å². The smallest absolute Gasteiger partial charge is 0.251 e. The number of hydrogen-bond acceptors (Lipinski definition) is 2. The van der Waals surface area contributed by atoms with E-state index in [0.717, 1.165) is 5.69 Å². The quantitative estimate of drug-likeness (QED) is 0.801. The number of benzene rings is 1. The summed E-state index contributed by atoms with van der Waals surface area (Å²) in [5.41, 5.74) is 1.61. The van der Waals surface area contributed by atoms with Crippen LogP contribution in [0.3, 0.4) is 0 Å². The highest BCUT2D eigenvalue weighted by molar-refractivity contribution is 5.94. The largest absolute Gasteiger partial charge is 0.354 e. The third-order valence-electron chi connectivity index (χ3n) is 3.27. The molecule has 1 aromatic carbocycles. The molecule has 0 aliphatic carbocycles. The molecule has 1 aromatic heterocycles. The zero-order valence-electron chi connectivity index (χ0n) is 12.9. The summed E-state index contributed by atoms with van der Waals surface area (Å²) >= 11 is 0. The number of carbonyl (C=O) groups is 2. The third-order valence-corrected chi connectivity index (χ3v) is 3.27. The van der Waals surface area contributed by atoms with Crippen molar-refractivity contribution in [2.75, 3.05) is 13.1 Å². The Kier molecular flexibility index (Phi) is 5.36. The summed E-state index contributed by atoms with van der Waals surface area (Å²) in [6.45, 7) is 4.52. The van der Waals surface area contributed by atoms with Gasteiger partial charge in [0.2, 0.25) is 5.91 Å². The lowest BCUT2D eigenvalue weighted by Crippen LogP contribution is -2.36. The molecule has 0 fully saturated rings. The summed E-state index contributed by atoms with van der Waals surface area (Å²) in [5, 5.41) is 5.55. The van der Waals surface area contributed by atoms with E-state index < -0.39 is 0 Å². The maximum absolute atomic E-state index is 12.0. The lowest BCUT2D eigenvalue weighted by molar-refractivity contribution is -0.123. The lowest BCUT2D eigenvalue weighted by atomic mass is 10.2. The SMILES string of the molecule is CC(C)C(=O)NCCNC(=O)c1ccc(-n2cccc2)cc1. The van der Waals surface area contributed by atoms with Crippen LogP contribution in [-0.2, 0) is 4.79 Å². The van der Waals surface area contributed by atoms with Gasteiger partial charge in [0.25, 0.3) is 5.91 Å². The molecule has 0 bridgehead atoms. The molecule has 1 heterocycles. The topological polar surface area (TPSA) is 63.1 Å². The van der Waals surface area contributed by atoms with Crippen molar-refractivity contribution in [2.24, 2.45) is 5.92 Å². The summed E-state index contributed by atoms with van der Waals surface area (Å²) in [5.74, 6) is -0.194. The Bertz CT molecular complexity index is 616. The highest BCUT2D eigenvalue weighted by atomic mass is 16.2. The molecule has 0 atom stereocenters. The summed E-state index contributed by atoms with van der Waals surface area (Å²) in [4.78, 5) is 23.4. The van der Waals surface area contributed by atoms with Crippen molar-refractivity contribution in [1.29, 1.82) is 0 Å². The van der Waals surface area contributed by atoms with Gasteiger partial charge in [0.1, 0.15) is 0 Å². The summed E-state index contributed by atoms with van der Waals surface area (Å²) < 4.78 is 1.98. The first-order chi connectivity index (χ1) is 10.6. The molecule has 2 aromatic rings. The van der Waals surface area contributed by atoms with Crippen LogP contribution in [0.4, 0.5) is 0 Å². The molecule has 2 amide bonds. The number of aromatic nitrogens is 1. The normalized spacial score (nSPS) is 10.5. The Labute approximate surface area is 130 Å². The van der Waals surface area contributed by atoms with E-state index in [1.807, 2.05) is 55.1 Å².